The number of anilines is 2. The molecule has 2 rings (SSSR count). The third-order valence-corrected chi connectivity index (χ3v) is 2.91. The van der Waals surface area contributed by atoms with Crippen LogP contribution in [-0.4, -0.2) is 13.0 Å². The Bertz CT molecular complexity index is 628. The highest BCUT2D eigenvalue weighted by Gasteiger charge is 2.06. The van der Waals surface area contributed by atoms with Crippen LogP contribution in [0.5, 0.6) is 0 Å². The smallest absolute Gasteiger partial charge is 0.251 e. The van der Waals surface area contributed by atoms with Crippen LogP contribution < -0.4 is 16.4 Å². The Balaban J connectivity index is 2.14. The second kappa shape index (κ2) is 6.06. The van der Waals surface area contributed by atoms with Gasteiger partial charge in [0.1, 0.15) is 5.82 Å². The summed E-state index contributed by atoms with van der Waals surface area (Å²) in [4.78, 5) is 11.6. The fourth-order valence-corrected chi connectivity index (χ4v) is 1.84. The third kappa shape index (κ3) is 3.26. The summed E-state index contributed by atoms with van der Waals surface area (Å²) < 4.78 is 13.1. The third-order valence-electron chi connectivity index (χ3n) is 2.91. The summed E-state index contributed by atoms with van der Waals surface area (Å²) in [5.41, 5.74) is 8.36. The van der Waals surface area contributed by atoms with Crippen molar-refractivity contribution < 1.29 is 9.18 Å². The van der Waals surface area contributed by atoms with Crippen molar-refractivity contribution in [3.8, 4) is 0 Å². The minimum atomic E-state index is -0.281. The van der Waals surface area contributed by atoms with Crippen molar-refractivity contribution in [1.29, 1.82) is 0 Å². The first kappa shape index (κ1) is 13.9. The van der Waals surface area contributed by atoms with Gasteiger partial charge in [0.25, 0.3) is 5.91 Å². The van der Waals surface area contributed by atoms with Crippen LogP contribution in [0.15, 0.2) is 42.5 Å². The molecular weight excluding hydrogens is 257 g/mol. The molecule has 0 unspecified atom stereocenters. The van der Waals surface area contributed by atoms with Gasteiger partial charge in [-0.1, -0.05) is 12.1 Å². The number of hydrogen-bond acceptors (Lipinski definition) is 3. The van der Waals surface area contributed by atoms with Crippen LogP contribution in [0.1, 0.15) is 15.9 Å². The van der Waals surface area contributed by atoms with Gasteiger partial charge in [-0.2, -0.15) is 0 Å². The Morgan fingerprint density at radius 3 is 2.75 bits per heavy atom. The van der Waals surface area contributed by atoms with Crippen LogP contribution in [0.3, 0.4) is 0 Å². The molecule has 0 saturated heterocycles. The predicted molar refractivity (Wildman–Crippen MR) is 78.0 cm³/mol. The summed E-state index contributed by atoms with van der Waals surface area (Å²) in [5, 5.41) is 5.66. The van der Waals surface area contributed by atoms with Crippen molar-refractivity contribution in [1.82, 2.24) is 5.32 Å². The molecule has 0 bridgehead atoms. The fourth-order valence-electron chi connectivity index (χ4n) is 1.84. The Kier molecular flexibility index (Phi) is 4.20. The molecule has 5 heteroatoms. The lowest BCUT2D eigenvalue weighted by Crippen LogP contribution is -2.18. The maximum atomic E-state index is 13.1. The molecule has 0 aliphatic carbocycles. The number of nitrogen functional groups attached to an aromatic ring is 1. The van der Waals surface area contributed by atoms with E-state index in [2.05, 4.69) is 10.6 Å². The van der Waals surface area contributed by atoms with Crippen molar-refractivity contribution >= 4 is 17.3 Å². The van der Waals surface area contributed by atoms with Crippen molar-refractivity contribution in [2.45, 2.75) is 6.54 Å². The zero-order chi connectivity index (χ0) is 14.5. The van der Waals surface area contributed by atoms with E-state index < -0.39 is 0 Å². The number of carbonyl (C=O) groups excluding carboxylic acids is 1. The highest BCUT2D eigenvalue weighted by Crippen LogP contribution is 2.21. The summed E-state index contributed by atoms with van der Waals surface area (Å²) in [6.45, 7) is 0.430. The molecule has 0 aromatic heterocycles. The first-order valence-electron chi connectivity index (χ1n) is 6.20. The highest BCUT2D eigenvalue weighted by molar-refractivity contribution is 5.96. The SMILES string of the molecule is CNC(=O)c1ccc(N)c(NCc2cccc(F)c2)c1. The van der Waals surface area contributed by atoms with E-state index in [1.54, 1.807) is 31.3 Å². The minimum Gasteiger partial charge on any atom is -0.397 e. The lowest BCUT2D eigenvalue weighted by atomic mass is 10.1. The largest absolute Gasteiger partial charge is 0.397 e. The normalized spacial score (nSPS) is 10.1. The van der Waals surface area contributed by atoms with Gasteiger partial charge >= 0.3 is 0 Å². The Labute approximate surface area is 116 Å². The molecule has 1 amide bonds. The number of nitrogens with two attached hydrogens (primary N) is 1. The number of nitrogens with one attached hydrogen (secondary N) is 2. The standard InChI is InChI=1S/C15H16FN3O/c1-18-15(20)11-5-6-13(17)14(8-11)19-9-10-3-2-4-12(16)7-10/h2-8,19H,9,17H2,1H3,(H,18,20). The van der Waals surface area contributed by atoms with E-state index in [0.29, 0.717) is 23.5 Å². The topological polar surface area (TPSA) is 67.2 Å². The van der Waals surface area contributed by atoms with Crippen molar-refractivity contribution in [2.75, 3.05) is 18.1 Å². The Morgan fingerprint density at radius 2 is 2.05 bits per heavy atom. The summed E-state index contributed by atoms with van der Waals surface area (Å²) in [5.74, 6) is -0.463. The molecule has 104 valence electrons. The molecule has 20 heavy (non-hydrogen) atoms. The quantitative estimate of drug-likeness (QED) is 0.749. The van der Waals surface area contributed by atoms with Gasteiger partial charge in [0.05, 0.1) is 11.4 Å². The molecule has 0 saturated carbocycles. The molecule has 0 aliphatic heterocycles. The molecule has 2 aromatic rings. The molecule has 4 N–H and O–H groups in total. The Hall–Kier alpha value is -2.56. The summed E-state index contributed by atoms with van der Waals surface area (Å²) in [6, 6.07) is 11.3. The van der Waals surface area contributed by atoms with E-state index >= 15 is 0 Å². The highest BCUT2D eigenvalue weighted by atomic mass is 19.1. The summed E-state index contributed by atoms with van der Waals surface area (Å²) in [7, 11) is 1.57. The maximum absolute atomic E-state index is 13.1. The van der Waals surface area contributed by atoms with Gasteiger partial charge in [0, 0.05) is 19.2 Å². The van der Waals surface area contributed by atoms with Crippen molar-refractivity contribution in [3.63, 3.8) is 0 Å². The number of amides is 1. The molecule has 2 aromatic carbocycles. The van der Waals surface area contributed by atoms with Gasteiger partial charge in [-0.25, -0.2) is 4.39 Å². The molecule has 0 spiro atoms. The number of benzene rings is 2. The average Bonchev–Trinajstić information content (AvgIpc) is 2.45. The van der Waals surface area contributed by atoms with Gasteiger partial charge < -0.3 is 16.4 Å². The zero-order valence-electron chi connectivity index (χ0n) is 11.1. The predicted octanol–water partition coefficient (Wildman–Crippen LogP) is 2.38. The molecule has 0 aliphatic rings. The van der Waals surface area contributed by atoms with Crippen LogP contribution in [0.25, 0.3) is 0 Å². The lowest BCUT2D eigenvalue weighted by Gasteiger charge is -2.11. The fraction of sp³-hybridized carbons (Fsp3) is 0.133. The Morgan fingerprint density at radius 1 is 1.25 bits per heavy atom. The van der Waals surface area contributed by atoms with Gasteiger partial charge in [-0.3, -0.25) is 4.79 Å². The van der Waals surface area contributed by atoms with E-state index in [0.717, 1.165) is 5.56 Å². The lowest BCUT2D eigenvalue weighted by molar-refractivity contribution is 0.0963. The summed E-state index contributed by atoms with van der Waals surface area (Å²) in [6.07, 6.45) is 0. The maximum Gasteiger partial charge on any atom is 0.251 e. The molecular formula is C15H16FN3O. The molecule has 0 heterocycles. The minimum absolute atomic E-state index is 0.182. The molecule has 0 fully saturated rings. The van der Waals surface area contributed by atoms with E-state index in [-0.39, 0.29) is 11.7 Å². The molecule has 0 atom stereocenters. The van der Waals surface area contributed by atoms with E-state index in [9.17, 15) is 9.18 Å². The second-order valence-corrected chi connectivity index (χ2v) is 4.36. The number of rotatable bonds is 4. The number of halogens is 1. The van der Waals surface area contributed by atoms with Gasteiger partial charge in [0.2, 0.25) is 0 Å². The van der Waals surface area contributed by atoms with Crippen molar-refractivity contribution in [2.24, 2.45) is 0 Å². The van der Waals surface area contributed by atoms with Crippen LogP contribution in [0.2, 0.25) is 0 Å². The van der Waals surface area contributed by atoms with E-state index in [1.807, 2.05) is 6.07 Å². The summed E-state index contributed by atoms with van der Waals surface area (Å²) >= 11 is 0. The van der Waals surface area contributed by atoms with Crippen LogP contribution in [0.4, 0.5) is 15.8 Å². The number of carbonyl (C=O) groups is 1. The van der Waals surface area contributed by atoms with Crippen LogP contribution >= 0.6 is 0 Å². The second-order valence-electron chi connectivity index (χ2n) is 4.36. The number of hydrogen-bond donors (Lipinski definition) is 3. The molecule has 4 nitrogen and oxygen atoms in total. The average molecular weight is 273 g/mol. The van der Waals surface area contributed by atoms with Crippen molar-refractivity contribution in [3.05, 3.63) is 59.4 Å². The molecule has 0 radical (unpaired) electrons. The van der Waals surface area contributed by atoms with E-state index in [1.165, 1.54) is 12.1 Å². The monoisotopic (exact) mass is 273 g/mol. The first-order chi connectivity index (χ1) is 9.60. The van der Waals surface area contributed by atoms with Crippen LogP contribution in [-0.2, 0) is 6.54 Å². The first-order valence-corrected chi connectivity index (χ1v) is 6.20. The van der Waals surface area contributed by atoms with Crippen LogP contribution in [0, 0.1) is 5.82 Å². The van der Waals surface area contributed by atoms with Gasteiger partial charge in [-0.15, -0.1) is 0 Å². The zero-order valence-corrected chi connectivity index (χ0v) is 11.1. The van der Waals surface area contributed by atoms with Gasteiger partial charge in [-0.05, 0) is 35.9 Å². The van der Waals surface area contributed by atoms with Gasteiger partial charge in [0.15, 0.2) is 0 Å². The van der Waals surface area contributed by atoms with E-state index in [4.69, 9.17) is 5.73 Å².